The van der Waals surface area contributed by atoms with Crippen LogP contribution in [0.4, 0.5) is 0 Å². The summed E-state index contributed by atoms with van der Waals surface area (Å²) in [5.74, 6) is -0.265. The van der Waals surface area contributed by atoms with Crippen molar-refractivity contribution < 1.29 is 9.59 Å². The molecule has 2 amide bonds. The van der Waals surface area contributed by atoms with Crippen LogP contribution < -0.4 is 10.7 Å². The molecule has 2 rings (SSSR count). The van der Waals surface area contributed by atoms with E-state index in [0.717, 1.165) is 32.5 Å². The van der Waals surface area contributed by atoms with Crippen LogP contribution >= 0.6 is 0 Å². The minimum atomic E-state index is -0.141. The molecule has 0 aromatic carbocycles. The lowest BCUT2D eigenvalue weighted by Gasteiger charge is -2.32. The number of piperidine rings is 1. The average molecular weight is 252 g/mol. The molecule has 0 bridgehead atoms. The Morgan fingerprint density at radius 2 is 2.39 bits per heavy atom. The summed E-state index contributed by atoms with van der Waals surface area (Å²) in [5.41, 5.74) is 2.78. The molecular weight excluding hydrogens is 232 g/mol. The Morgan fingerprint density at radius 1 is 1.56 bits per heavy atom. The molecule has 2 heterocycles. The molecule has 0 aromatic rings. The molecule has 0 radical (unpaired) electrons. The molecule has 1 atom stereocenters. The van der Waals surface area contributed by atoms with Crippen molar-refractivity contribution in [3.8, 4) is 0 Å². The second kappa shape index (κ2) is 5.95. The van der Waals surface area contributed by atoms with E-state index in [1.165, 1.54) is 0 Å². The third-order valence-electron chi connectivity index (χ3n) is 3.45. The molecule has 0 aromatic heterocycles. The van der Waals surface area contributed by atoms with Gasteiger partial charge < -0.3 is 10.2 Å². The van der Waals surface area contributed by atoms with E-state index in [9.17, 15) is 9.59 Å². The monoisotopic (exact) mass is 252 g/mol. The van der Waals surface area contributed by atoms with Crippen molar-refractivity contribution >= 4 is 17.5 Å². The quantitative estimate of drug-likeness (QED) is 0.734. The first kappa shape index (κ1) is 13.0. The van der Waals surface area contributed by atoms with Gasteiger partial charge in [-0.1, -0.05) is 6.92 Å². The maximum atomic E-state index is 12.0. The van der Waals surface area contributed by atoms with Crippen LogP contribution in [0.5, 0.6) is 0 Å². The van der Waals surface area contributed by atoms with Gasteiger partial charge in [-0.25, -0.2) is 5.43 Å². The Bertz CT molecular complexity index is 367. The van der Waals surface area contributed by atoms with E-state index in [4.69, 9.17) is 0 Å². The summed E-state index contributed by atoms with van der Waals surface area (Å²) in [4.78, 5) is 25.2. The van der Waals surface area contributed by atoms with Crippen LogP contribution in [0.3, 0.4) is 0 Å². The van der Waals surface area contributed by atoms with E-state index in [2.05, 4.69) is 27.7 Å². The summed E-state index contributed by atoms with van der Waals surface area (Å²) in [6.45, 7) is 5.16. The van der Waals surface area contributed by atoms with Crippen LogP contribution in [0.25, 0.3) is 0 Å². The molecule has 0 saturated carbocycles. The highest BCUT2D eigenvalue weighted by Crippen LogP contribution is 2.10. The zero-order chi connectivity index (χ0) is 13.0. The number of rotatable bonds is 3. The topological polar surface area (TPSA) is 73.8 Å². The van der Waals surface area contributed by atoms with Crippen LogP contribution in [0.2, 0.25) is 0 Å². The van der Waals surface area contributed by atoms with Crippen LogP contribution in [-0.2, 0) is 9.59 Å². The third-order valence-corrected chi connectivity index (χ3v) is 3.45. The summed E-state index contributed by atoms with van der Waals surface area (Å²) in [5, 5.41) is 6.81. The summed E-state index contributed by atoms with van der Waals surface area (Å²) >= 11 is 0. The fourth-order valence-electron chi connectivity index (χ4n) is 2.37. The van der Waals surface area contributed by atoms with Gasteiger partial charge in [0.1, 0.15) is 5.71 Å². The van der Waals surface area contributed by atoms with Crippen molar-refractivity contribution in [2.75, 3.05) is 19.6 Å². The molecule has 18 heavy (non-hydrogen) atoms. The smallest absolute Gasteiger partial charge is 0.267 e. The second-order valence-corrected chi connectivity index (χ2v) is 4.80. The SMILES string of the molecule is CCN1CCCC(NC(=O)C2=NNC(=O)CC2)C1. The zero-order valence-corrected chi connectivity index (χ0v) is 10.7. The van der Waals surface area contributed by atoms with Crippen molar-refractivity contribution in [3.05, 3.63) is 0 Å². The van der Waals surface area contributed by atoms with E-state index in [-0.39, 0.29) is 17.9 Å². The van der Waals surface area contributed by atoms with Crippen molar-refractivity contribution in [3.63, 3.8) is 0 Å². The van der Waals surface area contributed by atoms with Gasteiger partial charge in [0.25, 0.3) is 5.91 Å². The van der Waals surface area contributed by atoms with Crippen LogP contribution in [0, 0.1) is 0 Å². The highest BCUT2D eigenvalue weighted by molar-refractivity contribution is 6.39. The molecule has 0 spiro atoms. The first-order valence-corrected chi connectivity index (χ1v) is 6.57. The van der Waals surface area contributed by atoms with Gasteiger partial charge in [0, 0.05) is 25.4 Å². The molecule has 2 N–H and O–H groups in total. The number of nitrogens with one attached hydrogen (secondary N) is 2. The Labute approximate surface area is 107 Å². The number of likely N-dealkylation sites (N-methyl/N-ethyl adjacent to an activating group) is 1. The zero-order valence-electron chi connectivity index (χ0n) is 10.7. The molecule has 100 valence electrons. The highest BCUT2D eigenvalue weighted by Gasteiger charge is 2.24. The first-order valence-electron chi connectivity index (χ1n) is 6.57. The summed E-state index contributed by atoms with van der Waals surface area (Å²) in [7, 11) is 0. The number of carbonyl (C=O) groups is 2. The highest BCUT2D eigenvalue weighted by atomic mass is 16.2. The van der Waals surface area contributed by atoms with Crippen LogP contribution in [0.15, 0.2) is 5.10 Å². The fourth-order valence-corrected chi connectivity index (χ4v) is 2.37. The molecule has 0 aliphatic carbocycles. The predicted octanol–water partition coefficient (Wildman–Crippen LogP) is -0.147. The molecule has 6 nitrogen and oxygen atoms in total. The van der Waals surface area contributed by atoms with Gasteiger partial charge >= 0.3 is 0 Å². The number of hydrogen-bond acceptors (Lipinski definition) is 4. The normalized spacial score (nSPS) is 25.3. The lowest BCUT2D eigenvalue weighted by Crippen LogP contribution is -2.50. The van der Waals surface area contributed by atoms with Crippen LogP contribution in [-0.4, -0.2) is 48.1 Å². The van der Waals surface area contributed by atoms with Gasteiger partial charge in [0.2, 0.25) is 5.91 Å². The van der Waals surface area contributed by atoms with E-state index >= 15 is 0 Å². The lowest BCUT2D eigenvalue weighted by atomic mass is 10.0. The number of hydrazone groups is 1. The summed E-state index contributed by atoms with van der Waals surface area (Å²) in [6.07, 6.45) is 2.91. The van der Waals surface area contributed by atoms with E-state index in [0.29, 0.717) is 18.6 Å². The molecule has 1 fully saturated rings. The van der Waals surface area contributed by atoms with Crippen molar-refractivity contribution in [1.82, 2.24) is 15.6 Å². The second-order valence-electron chi connectivity index (χ2n) is 4.80. The van der Waals surface area contributed by atoms with Gasteiger partial charge in [0.05, 0.1) is 0 Å². The van der Waals surface area contributed by atoms with E-state index < -0.39 is 0 Å². The Kier molecular flexibility index (Phi) is 4.30. The molecule has 2 aliphatic rings. The Balaban J connectivity index is 1.85. The van der Waals surface area contributed by atoms with Gasteiger partial charge in [-0.2, -0.15) is 5.10 Å². The maximum absolute atomic E-state index is 12.0. The number of carbonyl (C=O) groups excluding carboxylic acids is 2. The lowest BCUT2D eigenvalue weighted by molar-refractivity contribution is -0.121. The Morgan fingerprint density at radius 3 is 3.06 bits per heavy atom. The van der Waals surface area contributed by atoms with Gasteiger partial charge in [-0.3, -0.25) is 9.59 Å². The standard InChI is InChI=1S/C12H20N4O2/c1-2-16-7-3-4-9(8-16)13-12(18)10-5-6-11(17)15-14-10/h9H,2-8H2,1H3,(H,13,18)(H,15,17). The van der Waals surface area contributed by atoms with Crippen molar-refractivity contribution in [2.45, 2.75) is 38.6 Å². The molecule has 1 unspecified atom stereocenters. The van der Waals surface area contributed by atoms with E-state index in [1.54, 1.807) is 0 Å². The van der Waals surface area contributed by atoms with Gasteiger partial charge in [0.15, 0.2) is 0 Å². The summed E-state index contributed by atoms with van der Waals surface area (Å²) < 4.78 is 0. The largest absolute Gasteiger partial charge is 0.347 e. The number of nitrogens with zero attached hydrogens (tertiary/aromatic N) is 2. The van der Waals surface area contributed by atoms with Crippen molar-refractivity contribution in [2.24, 2.45) is 5.10 Å². The van der Waals surface area contributed by atoms with Crippen LogP contribution in [0.1, 0.15) is 32.6 Å². The van der Waals surface area contributed by atoms with Crippen molar-refractivity contribution in [1.29, 1.82) is 0 Å². The number of likely N-dealkylation sites (tertiary alicyclic amines) is 1. The minimum Gasteiger partial charge on any atom is -0.347 e. The Hall–Kier alpha value is -1.43. The number of amides is 2. The molecular formula is C12H20N4O2. The molecule has 6 heteroatoms. The third kappa shape index (κ3) is 3.29. The predicted molar refractivity (Wildman–Crippen MR) is 68.1 cm³/mol. The molecule has 2 aliphatic heterocycles. The van der Waals surface area contributed by atoms with E-state index in [1.807, 2.05) is 0 Å². The fraction of sp³-hybridized carbons (Fsp3) is 0.750. The van der Waals surface area contributed by atoms with Gasteiger partial charge in [-0.15, -0.1) is 0 Å². The minimum absolute atomic E-state index is 0.124. The maximum Gasteiger partial charge on any atom is 0.267 e. The average Bonchev–Trinajstić information content (AvgIpc) is 2.39. The summed E-state index contributed by atoms with van der Waals surface area (Å²) in [6, 6.07) is 0.200. The molecule has 1 saturated heterocycles. The first-order chi connectivity index (χ1) is 8.69. The number of hydrogen-bond donors (Lipinski definition) is 2. The van der Waals surface area contributed by atoms with Gasteiger partial charge in [-0.05, 0) is 25.9 Å².